The Morgan fingerprint density at radius 2 is 2.00 bits per heavy atom. The van der Waals surface area contributed by atoms with E-state index in [1.807, 2.05) is 12.2 Å². The lowest BCUT2D eigenvalue weighted by atomic mass is 9.92. The molecule has 0 fully saturated rings. The first-order valence-corrected chi connectivity index (χ1v) is 7.70. The fourth-order valence-electron chi connectivity index (χ4n) is 2.50. The highest BCUT2D eigenvalue weighted by molar-refractivity contribution is 5.70. The van der Waals surface area contributed by atoms with Crippen LogP contribution in [0.3, 0.4) is 0 Å². The predicted octanol–water partition coefficient (Wildman–Crippen LogP) is 5.37. The van der Waals surface area contributed by atoms with Crippen LogP contribution in [0, 0.1) is 6.92 Å². The van der Waals surface area contributed by atoms with Gasteiger partial charge in [0.05, 0.1) is 0 Å². The lowest BCUT2D eigenvalue weighted by molar-refractivity contribution is 0.393. The molecule has 0 bridgehead atoms. The second kappa shape index (κ2) is 7.87. The number of benzene rings is 1. The van der Waals surface area contributed by atoms with Gasteiger partial charge in [0.25, 0.3) is 0 Å². The SMILES string of the molecule is C=C/C=C\N(C)C(C)/C(C)=C(/C)c1cc(C)ccc1CC. The van der Waals surface area contributed by atoms with Crippen molar-refractivity contribution in [2.45, 2.75) is 47.1 Å². The molecule has 0 aliphatic heterocycles. The van der Waals surface area contributed by atoms with Crippen LogP contribution in [0.1, 0.15) is 44.4 Å². The Bertz CT molecular complexity index is 549. The van der Waals surface area contributed by atoms with Gasteiger partial charge < -0.3 is 4.90 Å². The maximum Gasteiger partial charge on any atom is 0.0468 e. The summed E-state index contributed by atoms with van der Waals surface area (Å²) in [5.41, 5.74) is 6.94. The van der Waals surface area contributed by atoms with Crippen molar-refractivity contribution in [1.82, 2.24) is 4.90 Å². The van der Waals surface area contributed by atoms with E-state index in [0.717, 1.165) is 6.42 Å². The van der Waals surface area contributed by atoms with Crippen molar-refractivity contribution in [3.05, 3.63) is 65.4 Å². The van der Waals surface area contributed by atoms with Gasteiger partial charge in [-0.1, -0.05) is 43.3 Å². The maximum atomic E-state index is 3.73. The first-order chi connectivity index (χ1) is 9.92. The Hall–Kier alpha value is -1.76. The number of nitrogens with zero attached hydrogens (tertiary/aromatic N) is 1. The smallest absolute Gasteiger partial charge is 0.0468 e. The van der Waals surface area contributed by atoms with Crippen LogP contribution in [-0.4, -0.2) is 18.0 Å². The molecule has 0 aliphatic rings. The summed E-state index contributed by atoms with van der Waals surface area (Å²) < 4.78 is 0. The summed E-state index contributed by atoms with van der Waals surface area (Å²) in [6.07, 6.45) is 6.93. The molecule has 0 heterocycles. The van der Waals surface area contributed by atoms with Crippen LogP contribution in [0.25, 0.3) is 5.57 Å². The molecule has 1 aromatic carbocycles. The minimum Gasteiger partial charge on any atom is -0.374 e. The van der Waals surface area contributed by atoms with Crippen LogP contribution in [0.4, 0.5) is 0 Å². The molecule has 1 nitrogen and oxygen atoms in total. The van der Waals surface area contributed by atoms with Crippen LogP contribution < -0.4 is 0 Å². The summed E-state index contributed by atoms with van der Waals surface area (Å²) in [5, 5.41) is 0. The lowest BCUT2D eigenvalue weighted by Crippen LogP contribution is -2.25. The molecule has 0 radical (unpaired) electrons. The molecule has 0 saturated carbocycles. The molecule has 0 saturated heterocycles. The topological polar surface area (TPSA) is 3.24 Å². The van der Waals surface area contributed by atoms with Gasteiger partial charge in [-0.15, -0.1) is 0 Å². The average Bonchev–Trinajstić information content (AvgIpc) is 2.50. The minimum atomic E-state index is 0.367. The van der Waals surface area contributed by atoms with Gasteiger partial charge in [-0.3, -0.25) is 0 Å². The Balaban J connectivity index is 3.19. The third-order valence-electron chi connectivity index (χ3n) is 4.34. The normalized spacial score (nSPS) is 14.0. The molecule has 0 aliphatic carbocycles. The van der Waals surface area contributed by atoms with Crippen LogP contribution in [-0.2, 0) is 6.42 Å². The van der Waals surface area contributed by atoms with E-state index >= 15 is 0 Å². The van der Waals surface area contributed by atoms with Gasteiger partial charge in [-0.25, -0.2) is 0 Å². The number of rotatable bonds is 6. The molecule has 0 N–H and O–H groups in total. The molecule has 0 amide bonds. The molecule has 114 valence electrons. The Labute approximate surface area is 130 Å². The number of allylic oxidation sites excluding steroid dienone is 3. The molecular formula is C20H29N. The molecule has 1 rings (SSSR count). The van der Waals surface area contributed by atoms with E-state index < -0.39 is 0 Å². The third-order valence-corrected chi connectivity index (χ3v) is 4.34. The Kier molecular flexibility index (Phi) is 6.48. The van der Waals surface area contributed by atoms with E-state index in [1.54, 1.807) is 0 Å². The molecular weight excluding hydrogens is 254 g/mol. The molecule has 1 heteroatoms. The van der Waals surface area contributed by atoms with E-state index in [-0.39, 0.29) is 0 Å². The van der Waals surface area contributed by atoms with Crippen molar-refractivity contribution in [2.24, 2.45) is 0 Å². The molecule has 0 spiro atoms. The zero-order valence-corrected chi connectivity index (χ0v) is 14.4. The van der Waals surface area contributed by atoms with E-state index in [0.29, 0.717) is 6.04 Å². The first-order valence-electron chi connectivity index (χ1n) is 7.70. The summed E-state index contributed by atoms with van der Waals surface area (Å²) in [6.45, 7) is 14.8. The highest BCUT2D eigenvalue weighted by Crippen LogP contribution is 2.26. The maximum absolute atomic E-state index is 3.73. The van der Waals surface area contributed by atoms with Crippen LogP contribution in [0.15, 0.2) is 48.7 Å². The third kappa shape index (κ3) is 4.35. The van der Waals surface area contributed by atoms with Crippen molar-refractivity contribution in [2.75, 3.05) is 7.05 Å². The highest BCUT2D eigenvalue weighted by atomic mass is 15.1. The molecule has 1 atom stereocenters. The van der Waals surface area contributed by atoms with Gasteiger partial charge in [0.1, 0.15) is 0 Å². The largest absolute Gasteiger partial charge is 0.374 e. The zero-order valence-electron chi connectivity index (χ0n) is 14.4. The van der Waals surface area contributed by atoms with E-state index in [4.69, 9.17) is 0 Å². The first kappa shape index (κ1) is 17.3. The second-order valence-electron chi connectivity index (χ2n) is 5.74. The summed E-state index contributed by atoms with van der Waals surface area (Å²) in [5.74, 6) is 0. The van der Waals surface area contributed by atoms with Crippen molar-refractivity contribution in [3.8, 4) is 0 Å². The minimum absolute atomic E-state index is 0.367. The quantitative estimate of drug-likeness (QED) is 0.634. The van der Waals surface area contributed by atoms with Crippen molar-refractivity contribution >= 4 is 5.57 Å². The average molecular weight is 283 g/mol. The Morgan fingerprint density at radius 3 is 2.57 bits per heavy atom. The van der Waals surface area contributed by atoms with Crippen LogP contribution in [0.2, 0.25) is 0 Å². The van der Waals surface area contributed by atoms with Crippen molar-refractivity contribution in [1.29, 1.82) is 0 Å². The summed E-state index contributed by atoms with van der Waals surface area (Å²) in [4.78, 5) is 2.22. The molecule has 1 unspecified atom stereocenters. The fourth-order valence-corrected chi connectivity index (χ4v) is 2.50. The monoisotopic (exact) mass is 283 g/mol. The summed E-state index contributed by atoms with van der Waals surface area (Å²) in [7, 11) is 2.11. The van der Waals surface area contributed by atoms with E-state index in [9.17, 15) is 0 Å². The number of hydrogen-bond acceptors (Lipinski definition) is 1. The molecule has 0 aromatic heterocycles. The van der Waals surface area contributed by atoms with Gasteiger partial charge in [0.15, 0.2) is 0 Å². The zero-order chi connectivity index (χ0) is 16.0. The number of hydrogen-bond donors (Lipinski definition) is 0. The van der Waals surface area contributed by atoms with Gasteiger partial charge in [-0.2, -0.15) is 0 Å². The van der Waals surface area contributed by atoms with E-state index in [1.165, 1.54) is 27.8 Å². The van der Waals surface area contributed by atoms with Crippen molar-refractivity contribution in [3.63, 3.8) is 0 Å². The predicted molar refractivity (Wildman–Crippen MR) is 95.4 cm³/mol. The molecule has 21 heavy (non-hydrogen) atoms. The van der Waals surface area contributed by atoms with Crippen LogP contribution >= 0.6 is 0 Å². The lowest BCUT2D eigenvalue weighted by Gasteiger charge is -2.26. The molecule has 1 aromatic rings. The number of likely N-dealkylation sites (N-methyl/N-ethyl adjacent to an activating group) is 1. The number of aryl methyl sites for hydroxylation is 2. The Morgan fingerprint density at radius 1 is 1.33 bits per heavy atom. The van der Waals surface area contributed by atoms with Gasteiger partial charge in [-0.05, 0) is 68.7 Å². The standard InChI is InChI=1S/C20H29N/c1-8-10-13-21(7)18(6)16(4)17(5)20-14-15(3)11-12-19(20)9-2/h8,10-14,18H,1,9H2,2-7H3/b13-10-,17-16-. The summed E-state index contributed by atoms with van der Waals surface area (Å²) >= 11 is 0. The van der Waals surface area contributed by atoms with Crippen molar-refractivity contribution < 1.29 is 0 Å². The van der Waals surface area contributed by atoms with Gasteiger partial charge in [0.2, 0.25) is 0 Å². The van der Waals surface area contributed by atoms with Gasteiger partial charge >= 0.3 is 0 Å². The summed E-state index contributed by atoms with van der Waals surface area (Å²) in [6, 6.07) is 7.14. The van der Waals surface area contributed by atoms with Gasteiger partial charge in [0, 0.05) is 13.1 Å². The fraction of sp³-hybridized carbons (Fsp3) is 0.400. The second-order valence-corrected chi connectivity index (χ2v) is 5.74. The van der Waals surface area contributed by atoms with E-state index in [2.05, 4.69) is 77.5 Å². The van der Waals surface area contributed by atoms with Crippen LogP contribution in [0.5, 0.6) is 0 Å². The highest BCUT2D eigenvalue weighted by Gasteiger charge is 2.13.